The van der Waals surface area contributed by atoms with Crippen LogP contribution in [0.1, 0.15) is 44.4 Å². The van der Waals surface area contributed by atoms with E-state index in [0.29, 0.717) is 11.4 Å². The molecule has 0 aliphatic heterocycles. The van der Waals surface area contributed by atoms with Crippen molar-refractivity contribution in [2.75, 3.05) is 11.9 Å². The number of rotatable bonds is 4. The zero-order chi connectivity index (χ0) is 14.9. The molecule has 108 valence electrons. The predicted molar refractivity (Wildman–Crippen MR) is 84.3 cm³/mol. The normalized spacial score (nSPS) is 11.3. The van der Waals surface area contributed by atoms with Crippen LogP contribution < -0.4 is 5.32 Å². The van der Waals surface area contributed by atoms with Gasteiger partial charge in [-0.15, -0.1) is 0 Å². The Kier molecular flexibility index (Phi) is 4.48. The van der Waals surface area contributed by atoms with E-state index in [9.17, 15) is 4.39 Å². The van der Waals surface area contributed by atoms with Gasteiger partial charge in [-0.25, -0.2) is 9.37 Å². The quantitative estimate of drug-likeness (QED) is 0.829. The van der Waals surface area contributed by atoms with Gasteiger partial charge in [0.2, 0.25) is 0 Å². The molecule has 0 atom stereocenters. The number of fused-ring (bicyclic) bond motifs is 1. The van der Waals surface area contributed by atoms with Crippen LogP contribution in [-0.4, -0.2) is 11.5 Å². The molecular weight excluding hydrogens is 275 g/mol. The lowest BCUT2D eigenvalue weighted by Crippen LogP contribution is -2.08. The minimum Gasteiger partial charge on any atom is -0.384 e. The second-order valence-corrected chi connectivity index (χ2v) is 5.73. The molecule has 1 heterocycles. The van der Waals surface area contributed by atoms with Crippen LogP contribution in [0.5, 0.6) is 0 Å². The van der Waals surface area contributed by atoms with Crippen molar-refractivity contribution in [3.05, 3.63) is 34.2 Å². The van der Waals surface area contributed by atoms with E-state index in [2.05, 4.69) is 31.1 Å². The Labute approximate surface area is 124 Å². The van der Waals surface area contributed by atoms with Gasteiger partial charge in [-0.3, -0.25) is 0 Å². The standard InChI is InChI=1S/C16H20ClFN2/c1-5-8-19-15-11-6-7-12(17)14(18)16(11)20-10(4)13(15)9(2)3/h6-7,9H,5,8H2,1-4H3,(H,19,20). The third kappa shape index (κ3) is 2.59. The van der Waals surface area contributed by atoms with Crippen molar-refractivity contribution in [2.45, 2.75) is 40.0 Å². The lowest BCUT2D eigenvalue weighted by atomic mass is 9.96. The molecule has 20 heavy (non-hydrogen) atoms. The van der Waals surface area contributed by atoms with Gasteiger partial charge in [0, 0.05) is 23.3 Å². The van der Waals surface area contributed by atoms with Gasteiger partial charge in [0.05, 0.1) is 5.02 Å². The number of aromatic nitrogens is 1. The summed E-state index contributed by atoms with van der Waals surface area (Å²) in [6.45, 7) is 9.13. The maximum Gasteiger partial charge on any atom is 0.168 e. The molecule has 2 rings (SSSR count). The summed E-state index contributed by atoms with van der Waals surface area (Å²) in [5.41, 5.74) is 3.33. The number of nitrogens with zero attached hydrogens (tertiary/aromatic N) is 1. The predicted octanol–water partition coefficient (Wildman–Crippen LogP) is 5.28. The van der Waals surface area contributed by atoms with E-state index in [1.54, 1.807) is 6.07 Å². The van der Waals surface area contributed by atoms with Crippen LogP contribution in [0.25, 0.3) is 10.9 Å². The summed E-state index contributed by atoms with van der Waals surface area (Å²) >= 11 is 5.86. The lowest BCUT2D eigenvalue weighted by Gasteiger charge is -2.19. The summed E-state index contributed by atoms with van der Waals surface area (Å²) in [7, 11) is 0. The third-order valence-corrected chi connectivity index (χ3v) is 3.70. The molecular formula is C16H20ClFN2. The minimum absolute atomic E-state index is 0.114. The van der Waals surface area contributed by atoms with Gasteiger partial charge in [-0.2, -0.15) is 0 Å². The highest BCUT2D eigenvalue weighted by atomic mass is 35.5. The summed E-state index contributed by atoms with van der Waals surface area (Å²) in [6, 6.07) is 3.44. The Hall–Kier alpha value is -1.35. The van der Waals surface area contributed by atoms with Crippen LogP contribution in [0.3, 0.4) is 0 Å². The van der Waals surface area contributed by atoms with Crippen molar-refractivity contribution < 1.29 is 4.39 Å². The molecule has 0 saturated heterocycles. The molecule has 0 spiro atoms. The van der Waals surface area contributed by atoms with Gasteiger partial charge in [0.1, 0.15) is 5.52 Å². The number of hydrogen-bond donors (Lipinski definition) is 1. The summed E-state index contributed by atoms with van der Waals surface area (Å²) in [6.07, 6.45) is 1.01. The largest absolute Gasteiger partial charge is 0.384 e. The molecule has 2 aromatic rings. The van der Waals surface area contributed by atoms with E-state index in [1.165, 1.54) is 0 Å². The Morgan fingerprint density at radius 1 is 1.35 bits per heavy atom. The smallest absolute Gasteiger partial charge is 0.168 e. The average Bonchev–Trinajstić information content (AvgIpc) is 2.40. The number of halogens is 2. The molecule has 0 aliphatic carbocycles. The van der Waals surface area contributed by atoms with Gasteiger partial charge in [0.25, 0.3) is 0 Å². The van der Waals surface area contributed by atoms with Crippen molar-refractivity contribution in [3.8, 4) is 0 Å². The highest BCUT2D eigenvalue weighted by molar-refractivity contribution is 6.31. The Morgan fingerprint density at radius 3 is 2.65 bits per heavy atom. The van der Waals surface area contributed by atoms with E-state index in [-0.39, 0.29) is 5.02 Å². The fourth-order valence-electron chi connectivity index (χ4n) is 2.55. The first-order chi connectivity index (χ1) is 9.47. The first kappa shape index (κ1) is 15.0. The monoisotopic (exact) mass is 294 g/mol. The van der Waals surface area contributed by atoms with Crippen LogP contribution in [-0.2, 0) is 0 Å². The highest BCUT2D eigenvalue weighted by Crippen LogP contribution is 2.36. The minimum atomic E-state index is -0.442. The summed E-state index contributed by atoms with van der Waals surface area (Å²) in [4.78, 5) is 4.43. The molecule has 0 radical (unpaired) electrons. The van der Waals surface area contributed by atoms with Crippen LogP contribution >= 0.6 is 11.6 Å². The Morgan fingerprint density at radius 2 is 2.05 bits per heavy atom. The number of pyridine rings is 1. The number of benzene rings is 1. The zero-order valence-electron chi connectivity index (χ0n) is 12.3. The molecule has 2 nitrogen and oxygen atoms in total. The van der Waals surface area contributed by atoms with Crippen molar-refractivity contribution in [3.63, 3.8) is 0 Å². The van der Waals surface area contributed by atoms with Crippen molar-refractivity contribution >= 4 is 28.2 Å². The highest BCUT2D eigenvalue weighted by Gasteiger charge is 2.18. The lowest BCUT2D eigenvalue weighted by molar-refractivity contribution is 0.636. The molecule has 1 N–H and O–H groups in total. The average molecular weight is 295 g/mol. The molecule has 4 heteroatoms. The Balaban J connectivity index is 2.79. The van der Waals surface area contributed by atoms with E-state index >= 15 is 0 Å². The number of hydrogen-bond acceptors (Lipinski definition) is 2. The van der Waals surface area contributed by atoms with E-state index in [0.717, 1.165) is 35.3 Å². The zero-order valence-corrected chi connectivity index (χ0v) is 13.1. The molecule has 1 aromatic heterocycles. The van der Waals surface area contributed by atoms with Gasteiger partial charge < -0.3 is 5.32 Å². The van der Waals surface area contributed by atoms with E-state index < -0.39 is 5.82 Å². The summed E-state index contributed by atoms with van der Waals surface area (Å²) < 4.78 is 14.2. The molecule has 0 amide bonds. The molecule has 0 bridgehead atoms. The fraction of sp³-hybridized carbons (Fsp3) is 0.438. The number of nitrogens with one attached hydrogen (secondary N) is 1. The van der Waals surface area contributed by atoms with Gasteiger partial charge in [-0.05, 0) is 37.0 Å². The van der Waals surface area contributed by atoms with Gasteiger partial charge >= 0.3 is 0 Å². The maximum atomic E-state index is 14.2. The fourth-order valence-corrected chi connectivity index (χ4v) is 2.70. The third-order valence-electron chi connectivity index (χ3n) is 3.41. The van der Waals surface area contributed by atoms with Crippen molar-refractivity contribution in [1.82, 2.24) is 4.98 Å². The topological polar surface area (TPSA) is 24.9 Å². The molecule has 0 unspecified atom stereocenters. The van der Waals surface area contributed by atoms with Crippen molar-refractivity contribution in [2.24, 2.45) is 0 Å². The second-order valence-electron chi connectivity index (χ2n) is 5.32. The van der Waals surface area contributed by atoms with E-state index in [1.807, 2.05) is 13.0 Å². The summed E-state index contributed by atoms with van der Waals surface area (Å²) in [5, 5.41) is 4.34. The van der Waals surface area contributed by atoms with Crippen LogP contribution in [0.2, 0.25) is 5.02 Å². The van der Waals surface area contributed by atoms with Crippen LogP contribution in [0, 0.1) is 12.7 Å². The van der Waals surface area contributed by atoms with Crippen molar-refractivity contribution in [1.29, 1.82) is 0 Å². The molecule has 0 fully saturated rings. The van der Waals surface area contributed by atoms with E-state index in [4.69, 9.17) is 11.6 Å². The molecule has 1 aromatic carbocycles. The van der Waals surface area contributed by atoms with Crippen LogP contribution in [0.15, 0.2) is 12.1 Å². The second kappa shape index (κ2) is 5.96. The SMILES string of the molecule is CCCNc1c(C(C)C)c(C)nc2c(F)c(Cl)ccc12. The maximum absolute atomic E-state index is 14.2. The number of aryl methyl sites for hydroxylation is 1. The first-order valence-electron chi connectivity index (χ1n) is 6.99. The van der Waals surface area contributed by atoms with Gasteiger partial charge in [-0.1, -0.05) is 32.4 Å². The van der Waals surface area contributed by atoms with Gasteiger partial charge in [0.15, 0.2) is 5.82 Å². The number of anilines is 1. The Bertz CT molecular complexity index is 638. The first-order valence-corrected chi connectivity index (χ1v) is 7.37. The summed E-state index contributed by atoms with van der Waals surface area (Å²) in [5.74, 6) is -0.118. The van der Waals surface area contributed by atoms with Crippen LogP contribution in [0.4, 0.5) is 10.1 Å². The molecule has 0 saturated carbocycles. The molecule has 0 aliphatic rings.